The Balaban J connectivity index is 2.02. The summed E-state index contributed by atoms with van der Waals surface area (Å²) in [5.41, 5.74) is 1.91. The third-order valence-corrected chi connectivity index (χ3v) is 2.96. The van der Waals surface area contributed by atoms with E-state index in [4.69, 9.17) is 0 Å². The minimum atomic E-state index is -0.374. The molecule has 0 saturated heterocycles. The third-order valence-electron chi connectivity index (χ3n) is 2.96. The molecule has 0 saturated carbocycles. The maximum absolute atomic E-state index is 13.8. The van der Waals surface area contributed by atoms with Gasteiger partial charge in [-0.3, -0.25) is 0 Å². The van der Waals surface area contributed by atoms with Gasteiger partial charge in [-0.05, 0) is 18.6 Å². The molecule has 20 heavy (non-hydrogen) atoms. The number of hydrogen-bond acceptors (Lipinski definition) is 4. The zero-order valence-electron chi connectivity index (χ0n) is 10.8. The van der Waals surface area contributed by atoms with Crippen LogP contribution in [0, 0.1) is 12.7 Å². The standard InChI is InChI=1S/C15H11FN4/c1-10-6-5-9-12(16)13(10)15-19-17-14(18-20-15)11-7-3-2-4-8-11/h2-9H,1H3. The lowest BCUT2D eigenvalue weighted by Crippen LogP contribution is -2.01. The molecule has 0 spiro atoms. The predicted octanol–water partition coefficient (Wildman–Crippen LogP) is 3.05. The first-order chi connectivity index (χ1) is 9.75. The first-order valence-electron chi connectivity index (χ1n) is 6.14. The van der Waals surface area contributed by atoms with Gasteiger partial charge in [-0.25, -0.2) is 4.39 Å². The summed E-state index contributed by atoms with van der Waals surface area (Å²) in [7, 11) is 0. The number of hydrogen-bond donors (Lipinski definition) is 0. The van der Waals surface area contributed by atoms with Gasteiger partial charge in [-0.2, -0.15) is 0 Å². The van der Waals surface area contributed by atoms with Crippen molar-refractivity contribution in [3.63, 3.8) is 0 Å². The van der Waals surface area contributed by atoms with E-state index < -0.39 is 0 Å². The Hall–Kier alpha value is -2.69. The quantitative estimate of drug-likeness (QED) is 0.715. The van der Waals surface area contributed by atoms with Crippen LogP contribution in [0.2, 0.25) is 0 Å². The molecule has 0 aliphatic rings. The highest BCUT2D eigenvalue weighted by molar-refractivity contribution is 5.60. The van der Waals surface area contributed by atoms with Crippen molar-refractivity contribution in [2.24, 2.45) is 0 Å². The van der Waals surface area contributed by atoms with Crippen molar-refractivity contribution >= 4 is 0 Å². The lowest BCUT2D eigenvalue weighted by molar-refractivity contribution is 0.627. The molecule has 0 aliphatic heterocycles. The van der Waals surface area contributed by atoms with E-state index >= 15 is 0 Å². The summed E-state index contributed by atoms with van der Waals surface area (Å²) in [5, 5.41) is 16.0. The molecular weight excluding hydrogens is 255 g/mol. The van der Waals surface area contributed by atoms with Crippen molar-refractivity contribution in [1.29, 1.82) is 0 Å². The van der Waals surface area contributed by atoms with Gasteiger partial charge in [0.05, 0.1) is 5.56 Å². The Morgan fingerprint density at radius 3 is 2.05 bits per heavy atom. The van der Waals surface area contributed by atoms with Gasteiger partial charge in [0.25, 0.3) is 0 Å². The van der Waals surface area contributed by atoms with Crippen LogP contribution in [0.1, 0.15) is 5.56 Å². The van der Waals surface area contributed by atoms with Crippen molar-refractivity contribution < 1.29 is 4.39 Å². The smallest absolute Gasteiger partial charge is 0.206 e. The van der Waals surface area contributed by atoms with Gasteiger partial charge < -0.3 is 0 Å². The van der Waals surface area contributed by atoms with Crippen LogP contribution in [0.3, 0.4) is 0 Å². The summed E-state index contributed by atoms with van der Waals surface area (Å²) in [5.74, 6) is 0.240. The molecule has 1 heterocycles. The van der Waals surface area contributed by atoms with Gasteiger partial charge in [-0.1, -0.05) is 42.5 Å². The van der Waals surface area contributed by atoms with E-state index in [1.165, 1.54) is 6.07 Å². The maximum atomic E-state index is 13.8. The monoisotopic (exact) mass is 266 g/mol. The summed E-state index contributed by atoms with van der Waals surface area (Å²) in [6.45, 7) is 1.80. The van der Waals surface area contributed by atoms with Gasteiger partial charge in [0.1, 0.15) is 5.82 Å². The molecule has 5 heteroatoms. The second-order valence-corrected chi connectivity index (χ2v) is 4.34. The van der Waals surface area contributed by atoms with E-state index in [1.54, 1.807) is 19.1 Å². The molecule has 1 aromatic heterocycles. The highest BCUT2D eigenvalue weighted by Crippen LogP contribution is 2.22. The minimum Gasteiger partial charge on any atom is -0.206 e. The van der Waals surface area contributed by atoms with E-state index in [9.17, 15) is 4.39 Å². The summed E-state index contributed by atoms with van der Waals surface area (Å²) in [6, 6.07) is 14.2. The van der Waals surface area contributed by atoms with Crippen LogP contribution in [0.15, 0.2) is 48.5 Å². The summed E-state index contributed by atoms with van der Waals surface area (Å²) >= 11 is 0. The molecule has 0 unspecified atom stereocenters. The fourth-order valence-corrected chi connectivity index (χ4v) is 1.95. The second kappa shape index (κ2) is 5.13. The molecule has 0 aliphatic carbocycles. The number of benzene rings is 2. The van der Waals surface area contributed by atoms with Crippen molar-refractivity contribution in [2.75, 3.05) is 0 Å². The third kappa shape index (κ3) is 2.25. The van der Waals surface area contributed by atoms with Crippen LogP contribution >= 0.6 is 0 Å². The van der Waals surface area contributed by atoms with Crippen molar-refractivity contribution in [2.45, 2.75) is 6.92 Å². The summed E-state index contributed by atoms with van der Waals surface area (Å²) < 4.78 is 13.8. The van der Waals surface area contributed by atoms with Crippen LogP contribution in [-0.2, 0) is 0 Å². The SMILES string of the molecule is Cc1cccc(F)c1-c1nnc(-c2ccccc2)nn1. The predicted molar refractivity (Wildman–Crippen MR) is 73.2 cm³/mol. The summed E-state index contributed by atoms with van der Waals surface area (Å²) in [6.07, 6.45) is 0. The molecule has 4 nitrogen and oxygen atoms in total. The van der Waals surface area contributed by atoms with Gasteiger partial charge in [0, 0.05) is 5.56 Å². The van der Waals surface area contributed by atoms with Gasteiger partial charge >= 0.3 is 0 Å². The van der Waals surface area contributed by atoms with Crippen LogP contribution in [0.4, 0.5) is 4.39 Å². The molecule has 3 rings (SSSR count). The van der Waals surface area contributed by atoms with Crippen molar-refractivity contribution in [3.05, 3.63) is 59.9 Å². The fourth-order valence-electron chi connectivity index (χ4n) is 1.95. The topological polar surface area (TPSA) is 51.6 Å². The number of rotatable bonds is 2. The van der Waals surface area contributed by atoms with E-state index in [0.29, 0.717) is 11.4 Å². The molecule has 0 atom stereocenters. The molecule has 0 bridgehead atoms. The number of aryl methyl sites for hydroxylation is 1. The highest BCUT2D eigenvalue weighted by Gasteiger charge is 2.12. The molecule has 0 N–H and O–H groups in total. The minimum absolute atomic E-state index is 0.195. The zero-order valence-corrected chi connectivity index (χ0v) is 10.8. The Kier molecular flexibility index (Phi) is 3.16. The average molecular weight is 266 g/mol. The Morgan fingerprint density at radius 2 is 1.40 bits per heavy atom. The van der Waals surface area contributed by atoms with Crippen LogP contribution in [0.5, 0.6) is 0 Å². The van der Waals surface area contributed by atoms with Crippen LogP contribution < -0.4 is 0 Å². The van der Waals surface area contributed by atoms with Crippen molar-refractivity contribution in [3.8, 4) is 22.8 Å². The molecule has 0 amide bonds. The molecule has 2 aromatic carbocycles. The molecule has 3 aromatic rings. The zero-order chi connectivity index (χ0) is 13.9. The van der Waals surface area contributed by atoms with E-state index in [2.05, 4.69) is 20.4 Å². The first-order valence-corrected chi connectivity index (χ1v) is 6.14. The fraction of sp³-hybridized carbons (Fsp3) is 0.0667. The van der Waals surface area contributed by atoms with Crippen molar-refractivity contribution in [1.82, 2.24) is 20.4 Å². The Bertz CT molecular complexity index is 706. The Labute approximate surface area is 115 Å². The van der Waals surface area contributed by atoms with Crippen LogP contribution in [0.25, 0.3) is 22.8 Å². The van der Waals surface area contributed by atoms with Gasteiger partial charge in [0.2, 0.25) is 11.6 Å². The summed E-state index contributed by atoms with van der Waals surface area (Å²) in [4.78, 5) is 0. The van der Waals surface area contributed by atoms with E-state index in [0.717, 1.165) is 11.1 Å². The average Bonchev–Trinajstić information content (AvgIpc) is 2.49. The van der Waals surface area contributed by atoms with E-state index in [1.807, 2.05) is 30.3 Å². The Morgan fingerprint density at radius 1 is 0.750 bits per heavy atom. The number of halogens is 1. The lowest BCUT2D eigenvalue weighted by atomic mass is 10.1. The molecule has 0 fully saturated rings. The van der Waals surface area contributed by atoms with Gasteiger partial charge in [-0.15, -0.1) is 20.4 Å². The number of aromatic nitrogens is 4. The number of nitrogens with zero attached hydrogens (tertiary/aromatic N) is 4. The first kappa shape index (κ1) is 12.3. The van der Waals surface area contributed by atoms with Gasteiger partial charge in [0.15, 0.2) is 0 Å². The molecule has 0 radical (unpaired) electrons. The molecular formula is C15H11FN4. The lowest BCUT2D eigenvalue weighted by Gasteiger charge is -2.04. The second-order valence-electron chi connectivity index (χ2n) is 4.34. The highest BCUT2D eigenvalue weighted by atomic mass is 19.1. The molecule has 98 valence electrons. The van der Waals surface area contributed by atoms with E-state index in [-0.39, 0.29) is 11.6 Å². The maximum Gasteiger partial charge on any atom is 0.206 e. The van der Waals surface area contributed by atoms with Crippen LogP contribution in [-0.4, -0.2) is 20.4 Å². The normalized spacial score (nSPS) is 10.5. The largest absolute Gasteiger partial charge is 0.206 e.